The van der Waals surface area contributed by atoms with E-state index in [-0.39, 0.29) is 36.6 Å². The van der Waals surface area contributed by atoms with Crippen molar-refractivity contribution in [2.75, 3.05) is 6.61 Å². The third-order valence-corrected chi connectivity index (χ3v) is 3.73. The maximum atomic E-state index is 6.15. The number of hydrogen-bond acceptors (Lipinski definition) is 4. The number of rotatable bonds is 5. The van der Waals surface area contributed by atoms with E-state index in [1.54, 1.807) is 0 Å². The summed E-state index contributed by atoms with van der Waals surface area (Å²) in [5.74, 6) is 0. The van der Waals surface area contributed by atoms with Crippen LogP contribution in [0.2, 0.25) is 0 Å². The van der Waals surface area contributed by atoms with Crippen molar-refractivity contribution in [2.45, 2.75) is 83.8 Å². The van der Waals surface area contributed by atoms with Gasteiger partial charge >= 0.3 is 0 Å². The van der Waals surface area contributed by atoms with Crippen LogP contribution in [0.4, 0.5) is 0 Å². The van der Waals surface area contributed by atoms with E-state index in [2.05, 4.69) is 6.92 Å². The van der Waals surface area contributed by atoms with E-state index in [9.17, 15) is 0 Å². The molecule has 106 valence electrons. The zero-order valence-corrected chi connectivity index (χ0v) is 12.3. The van der Waals surface area contributed by atoms with E-state index in [4.69, 9.17) is 18.9 Å². The molecule has 2 saturated heterocycles. The van der Waals surface area contributed by atoms with Crippen molar-refractivity contribution >= 4 is 0 Å². The maximum absolute atomic E-state index is 6.15. The Balaban J connectivity index is 2.17. The molecule has 0 aromatic carbocycles. The Labute approximate surface area is 110 Å². The molecule has 0 radical (unpaired) electrons. The van der Waals surface area contributed by atoms with E-state index < -0.39 is 5.60 Å². The molecule has 0 aromatic rings. The van der Waals surface area contributed by atoms with Crippen LogP contribution in [0.15, 0.2) is 0 Å². The normalized spacial score (nSPS) is 41.0. The fourth-order valence-electron chi connectivity index (χ4n) is 3.02. The highest BCUT2D eigenvalue weighted by molar-refractivity contribution is 5.11. The van der Waals surface area contributed by atoms with Gasteiger partial charge < -0.3 is 18.9 Å². The first-order chi connectivity index (χ1) is 8.36. The van der Waals surface area contributed by atoms with Gasteiger partial charge in [-0.3, -0.25) is 0 Å². The lowest BCUT2D eigenvalue weighted by Gasteiger charge is -2.37. The number of hydrogen-bond donors (Lipinski definition) is 0. The zero-order chi connectivity index (χ0) is 13.5. The minimum absolute atomic E-state index is 0.0266. The lowest BCUT2D eigenvalue weighted by Crippen LogP contribution is -2.53. The predicted octanol–water partition coefficient (Wildman–Crippen LogP) is 2.15. The SMILES string of the molecule is CC(C)O[C@@H]1[C@@H]2OC[C@@]1([C@@H](C)OC(C)C)O[C@H]2C. The molecule has 5 atom stereocenters. The second-order valence-corrected chi connectivity index (χ2v) is 5.99. The Kier molecular flexibility index (Phi) is 4.02. The predicted molar refractivity (Wildman–Crippen MR) is 68.7 cm³/mol. The molecule has 2 fully saturated rings. The molecule has 0 unspecified atom stereocenters. The van der Waals surface area contributed by atoms with Crippen molar-refractivity contribution in [3.05, 3.63) is 0 Å². The molecule has 4 heteroatoms. The molecule has 0 saturated carbocycles. The molecule has 4 nitrogen and oxygen atoms in total. The minimum atomic E-state index is -0.446. The summed E-state index contributed by atoms with van der Waals surface area (Å²) >= 11 is 0. The quantitative estimate of drug-likeness (QED) is 0.757. The maximum Gasteiger partial charge on any atom is 0.146 e. The molecule has 2 aliphatic heterocycles. The molecular formula is C14H26O4. The molecule has 0 amide bonds. The smallest absolute Gasteiger partial charge is 0.146 e. The van der Waals surface area contributed by atoms with E-state index in [1.807, 2.05) is 34.6 Å². The number of fused-ring (bicyclic) bond motifs is 2. The first-order valence-corrected chi connectivity index (χ1v) is 6.97. The van der Waals surface area contributed by atoms with Gasteiger partial charge in [0.05, 0.1) is 31.0 Å². The molecule has 2 rings (SSSR count). The topological polar surface area (TPSA) is 36.9 Å². The van der Waals surface area contributed by atoms with Gasteiger partial charge in [0.1, 0.15) is 17.8 Å². The van der Waals surface area contributed by atoms with Crippen molar-refractivity contribution in [3.63, 3.8) is 0 Å². The second-order valence-electron chi connectivity index (χ2n) is 5.99. The standard InChI is InChI=1S/C14H26O4/c1-8(2)16-11(6)14-7-15-12(10(5)18-14)13(14)17-9(3)4/h8-13H,7H2,1-6H3/t10-,11+,12+,13+,14-/m0/s1. The van der Waals surface area contributed by atoms with Crippen molar-refractivity contribution in [2.24, 2.45) is 0 Å². The molecule has 0 aromatic heterocycles. The largest absolute Gasteiger partial charge is 0.373 e. The summed E-state index contributed by atoms with van der Waals surface area (Å²) in [7, 11) is 0. The van der Waals surface area contributed by atoms with Crippen LogP contribution in [0.25, 0.3) is 0 Å². The molecule has 0 aliphatic carbocycles. The average molecular weight is 258 g/mol. The van der Waals surface area contributed by atoms with Gasteiger partial charge in [-0.25, -0.2) is 0 Å². The Morgan fingerprint density at radius 3 is 2.28 bits per heavy atom. The Bertz CT molecular complexity index is 292. The van der Waals surface area contributed by atoms with Crippen LogP contribution in [0.5, 0.6) is 0 Å². The van der Waals surface area contributed by atoms with Crippen LogP contribution >= 0.6 is 0 Å². The molecular weight excluding hydrogens is 232 g/mol. The summed E-state index contributed by atoms with van der Waals surface area (Å²) < 4.78 is 24.0. The molecule has 0 N–H and O–H groups in total. The second kappa shape index (κ2) is 5.08. The fourth-order valence-corrected chi connectivity index (χ4v) is 3.02. The van der Waals surface area contributed by atoms with E-state index in [0.29, 0.717) is 6.61 Å². The first kappa shape index (κ1) is 14.3. The highest BCUT2D eigenvalue weighted by Crippen LogP contribution is 2.45. The van der Waals surface area contributed by atoms with Crippen LogP contribution in [0, 0.1) is 0 Å². The summed E-state index contributed by atoms with van der Waals surface area (Å²) in [6.45, 7) is 12.8. The van der Waals surface area contributed by atoms with Crippen LogP contribution < -0.4 is 0 Å². The van der Waals surface area contributed by atoms with Gasteiger partial charge in [0.25, 0.3) is 0 Å². The lowest BCUT2D eigenvalue weighted by atomic mass is 9.92. The van der Waals surface area contributed by atoms with Crippen LogP contribution in [0.1, 0.15) is 41.5 Å². The number of ether oxygens (including phenoxy) is 4. The minimum Gasteiger partial charge on any atom is -0.373 e. The molecule has 2 bridgehead atoms. The third kappa shape index (κ3) is 2.31. The summed E-state index contributed by atoms with van der Waals surface area (Å²) in [5.41, 5.74) is -0.446. The highest BCUT2D eigenvalue weighted by Gasteiger charge is 2.64. The van der Waals surface area contributed by atoms with Crippen molar-refractivity contribution in [1.29, 1.82) is 0 Å². The Morgan fingerprint density at radius 2 is 1.78 bits per heavy atom. The molecule has 0 spiro atoms. The summed E-state index contributed by atoms with van der Waals surface area (Å²) in [4.78, 5) is 0. The van der Waals surface area contributed by atoms with Gasteiger partial charge in [0, 0.05) is 0 Å². The van der Waals surface area contributed by atoms with E-state index in [0.717, 1.165) is 0 Å². The van der Waals surface area contributed by atoms with Crippen LogP contribution in [-0.2, 0) is 18.9 Å². The third-order valence-electron chi connectivity index (χ3n) is 3.73. The Hall–Kier alpha value is -0.160. The van der Waals surface area contributed by atoms with Crippen molar-refractivity contribution in [1.82, 2.24) is 0 Å². The van der Waals surface area contributed by atoms with Gasteiger partial charge in [-0.15, -0.1) is 0 Å². The van der Waals surface area contributed by atoms with Crippen LogP contribution in [-0.4, -0.2) is 48.8 Å². The first-order valence-electron chi connectivity index (χ1n) is 6.97. The fraction of sp³-hybridized carbons (Fsp3) is 1.00. The highest BCUT2D eigenvalue weighted by atomic mass is 16.7. The molecule has 2 aliphatic rings. The van der Waals surface area contributed by atoms with Gasteiger partial charge in [0.15, 0.2) is 0 Å². The van der Waals surface area contributed by atoms with Gasteiger partial charge in [-0.05, 0) is 41.5 Å². The van der Waals surface area contributed by atoms with E-state index in [1.165, 1.54) is 0 Å². The molecule has 2 heterocycles. The summed E-state index contributed by atoms with van der Waals surface area (Å²) in [6, 6.07) is 0. The monoisotopic (exact) mass is 258 g/mol. The summed E-state index contributed by atoms with van der Waals surface area (Å²) in [6.07, 6.45) is 0.384. The summed E-state index contributed by atoms with van der Waals surface area (Å²) in [5, 5.41) is 0. The zero-order valence-electron chi connectivity index (χ0n) is 12.3. The van der Waals surface area contributed by atoms with Gasteiger partial charge in [-0.1, -0.05) is 0 Å². The lowest BCUT2D eigenvalue weighted by molar-refractivity contribution is -0.204. The van der Waals surface area contributed by atoms with E-state index >= 15 is 0 Å². The average Bonchev–Trinajstić information content (AvgIpc) is 2.69. The van der Waals surface area contributed by atoms with Gasteiger partial charge in [0.2, 0.25) is 0 Å². The van der Waals surface area contributed by atoms with Crippen molar-refractivity contribution in [3.8, 4) is 0 Å². The van der Waals surface area contributed by atoms with Crippen molar-refractivity contribution < 1.29 is 18.9 Å². The van der Waals surface area contributed by atoms with Crippen LogP contribution in [0.3, 0.4) is 0 Å². The Morgan fingerprint density at radius 1 is 1.11 bits per heavy atom. The molecule has 18 heavy (non-hydrogen) atoms. The van der Waals surface area contributed by atoms with Gasteiger partial charge in [-0.2, -0.15) is 0 Å².